The number of anilines is 1. The van der Waals surface area contributed by atoms with Gasteiger partial charge in [-0.15, -0.1) is 0 Å². The van der Waals surface area contributed by atoms with Crippen molar-refractivity contribution in [1.82, 2.24) is 10.1 Å². The minimum atomic E-state index is -0.483. The first-order valence-electron chi connectivity index (χ1n) is 7.10. The second kappa shape index (κ2) is 6.45. The van der Waals surface area contributed by atoms with Crippen molar-refractivity contribution in [2.45, 2.75) is 13.5 Å². The van der Waals surface area contributed by atoms with Gasteiger partial charge in [0.2, 0.25) is 11.7 Å². The number of nitrogens with one attached hydrogen (secondary N) is 1. The zero-order chi connectivity index (χ0) is 17.1. The number of aryl methyl sites for hydroxylation is 1. The van der Waals surface area contributed by atoms with Gasteiger partial charge in [-0.25, -0.2) is 4.39 Å². The summed E-state index contributed by atoms with van der Waals surface area (Å²) < 4.78 is 18.2. The smallest absolute Gasteiger partial charge is 0.270 e. The van der Waals surface area contributed by atoms with Crippen molar-refractivity contribution < 1.29 is 13.8 Å². The molecule has 0 saturated heterocycles. The molecule has 7 nitrogen and oxygen atoms in total. The molecule has 1 aromatic heterocycles. The van der Waals surface area contributed by atoms with Crippen LogP contribution in [0.25, 0.3) is 11.4 Å². The Kier molecular flexibility index (Phi) is 4.19. The molecule has 0 aliphatic heterocycles. The first kappa shape index (κ1) is 15.6. The highest BCUT2D eigenvalue weighted by Gasteiger charge is 2.12. The van der Waals surface area contributed by atoms with Crippen molar-refractivity contribution >= 4 is 11.4 Å². The van der Waals surface area contributed by atoms with E-state index in [0.717, 1.165) is 11.3 Å². The SMILES string of the molecule is Cc1cc(F)ccc1NCc1nc(-c2cccc([N+](=O)[O-])c2)no1. The van der Waals surface area contributed by atoms with Crippen LogP contribution in [0.5, 0.6) is 0 Å². The van der Waals surface area contributed by atoms with E-state index in [1.807, 2.05) is 0 Å². The Balaban J connectivity index is 1.74. The van der Waals surface area contributed by atoms with Gasteiger partial charge in [0.25, 0.3) is 5.69 Å². The molecule has 0 aliphatic carbocycles. The largest absolute Gasteiger partial charge is 0.376 e. The van der Waals surface area contributed by atoms with E-state index >= 15 is 0 Å². The van der Waals surface area contributed by atoms with Crippen molar-refractivity contribution in [2.75, 3.05) is 5.32 Å². The van der Waals surface area contributed by atoms with Gasteiger partial charge in [0.15, 0.2) is 0 Å². The Bertz CT molecular complexity index is 895. The van der Waals surface area contributed by atoms with E-state index in [0.29, 0.717) is 11.5 Å². The lowest BCUT2D eigenvalue weighted by molar-refractivity contribution is -0.384. The van der Waals surface area contributed by atoms with Crippen molar-refractivity contribution in [3.05, 3.63) is 69.9 Å². The maximum Gasteiger partial charge on any atom is 0.270 e. The van der Waals surface area contributed by atoms with Crippen molar-refractivity contribution in [3.63, 3.8) is 0 Å². The summed E-state index contributed by atoms with van der Waals surface area (Å²) in [5.41, 5.74) is 1.97. The molecule has 3 rings (SSSR count). The number of nitrogens with zero attached hydrogens (tertiary/aromatic N) is 3. The van der Waals surface area contributed by atoms with Crippen LogP contribution in [-0.2, 0) is 6.54 Å². The van der Waals surface area contributed by atoms with Crippen LogP contribution >= 0.6 is 0 Å². The summed E-state index contributed by atoms with van der Waals surface area (Å²) >= 11 is 0. The fourth-order valence-electron chi connectivity index (χ4n) is 2.20. The summed E-state index contributed by atoms with van der Waals surface area (Å²) in [7, 11) is 0. The predicted octanol–water partition coefficient (Wildman–Crippen LogP) is 3.70. The van der Waals surface area contributed by atoms with Gasteiger partial charge in [-0.3, -0.25) is 10.1 Å². The molecule has 2 aromatic carbocycles. The summed E-state index contributed by atoms with van der Waals surface area (Å²) in [6, 6.07) is 10.4. The van der Waals surface area contributed by atoms with Crippen molar-refractivity contribution in [2.24, 2.45) is 0 Å². The zero-order valence-corrected chi connectivity index (χ0v) is 12.7. The van der Waals surface area contributed by atoms with Crippen LogP contribution in [0, 0.1) is 22.9 Å². The number of non-ortho nitro benzene ring substituents is 1. The molecule has 24 heavy (non-hydrogen) atoms. The second-order valence-corrected chi connectivity index (χ2v) is 5.13. The first-order valence-corrected chi connectivity index (χ1v) is 7.10. The van der Waals surface area contributed by atoms with Gasteiger partial charge in [0.1, 0.15) is 5.82 Å². The molecular weight excluding hydrogens is 315 g/mol. The molecule has 0 atom stereocenters. The average Bonchev–Trinajstić information content (AvgIpc) is 3.03. The van der Waals surface area contributed by atoms with Gasteiger partial charge in [-0.1, -0.05) is 17.3 Å². The fourth-order valence-corrected chi connectivity index (χ4v) is 2.20. The molecule has 1 N–H and O–H groups in total. The molecule has 0 aliphatic rings. The van der Waals surface area contributed by atoms with Gasteiger partial charge in [-0.2, -0.15) is 4.98 Å². The van der Waals surface area contributed by atoms with Crippen LogP contribution in [0.4, 0.5) is 15.8 Å². The van der Waals surface area contributed by atoms with Crippen LogP contribution in [0.3, 0.4) is 0 Å². The molecule has 122 valence electrons. The topological polar surface area (TPSA) is 94.1 Å². The van der Waals surface area contributed by atoms with E-state index in [9.17, 15) is 14.5 Å². The first-order chi connectivity index (χ1) is 11.5. The monoisotopic (exact) mass is 328 g/mol. The van der Waals surface area contributed by atoms with Gasteiger partial charge < -0.3 is 9.84 Å². The molecule has 8 heteroatoms. The Hall–Kier alpha value is -3.29. The molecule has 0 saturated carbocycles. The lowest BCUT2D eigenvalue weighted by Gasteiger charge is -2.06. The number of nitro groups is 1. The number of aromatic nitrogens is 2. The van der Waals surface area contributed by atoms with E-state index in [2.05, 4.69) is 15.5 Å². The number of benzene rings is 2. The highest BCUT2D eigenvalue weighted by molar-refractivity contribution is 5.58. The predicted molar refractivity (Wildman–Crippen MR) is 84.9 cm³/mol. The fraction of sp³-hybridized carbons (Fsp3) is 0.125. The van der Waals surface area contributed by atoms with E-state index in [1.165, 1.54) is 24.3 Å². The number of rotatable bonds is 5. The molecule has 0 unspecified atom stereocenters. The third-order valence-electron chi connectivity index (χ3n) is 3.40. The summed E-state index contributed by atoms with van der Waals surface area (Å²) in [5.74, 6) is 0.287. The molecule has 0 fully saturated rings. The van der Waals surface area contributed by atoms with Crippen LogP contribution in [0.2, 0.25) is 0 Å². The minimum absolute atomic E-state index is 0.0427. The van der Waals surface area contributed by atoms with Crippen molar-refractivity contribution in [3.8, 4) is 11.4 Å². The molecule has 0 amide bonds. The standard InChI is InChI=1S/C16H13FN4O3/c1-10-7-12(17)5-6-14(10)18-9-15-19-16(20-24-15)11-3-2-4-13(8-11)21(22)23/h2-8,18H,9H2,1H3. The van der Waals surface area contributed by atoms with E-state index in [1.54, 1.807) is 25.1 Å². The van der Waals surface area contributed by atoms with E-state index < -0.39 is 4.92 Å². The minimum Gasteiger partial charge on any atom is -0.376 e. The molecule has 0 spiro atoms. The van der Waals surface area contributed by atoms with Crippen molar-refractivity contribution in [1.29, 1.82) is 0 Å². The van der Waals surface area contributed by atoms with Gasteiger partial charge >= 0.3 is 0 Å². The summed E-state index contributed by atoms with van der Waals surface area (Å²) in [5, 5.41) is 17.7. The van der Waals surface area contributed by atoms with Gasteiger partial charge in [0.05, 0.1) is 11.5 Å². The third kappa shape index (κ3) is 3.37. The maximum atomic E-state index is 13.1. The van der Waals surface area contributed by atoms with Crippen LogP contribution in [0.15, 0.2) is 47.0 Å². The summed E-state index contributed by atoms with van der Waals surface area (Å²) in [6.07, 6.45) is 0. The quantitative estimate of drug-likeness (QED) is 0.567. The molecule has 0 bridgehead atoms. The van der Waals surface area contributed by atoms with Gasteiger partial charge in [-0.05, 0) is 30.7 Å². The van der Waals surface area contributed by atoms with Gasteiger partial charge in [0, 0.05) is 23.4 Å². The number of hydrogen-bond donors (Lipinski definition) is 1. The lowest BCUT2D eigenvalue weighted by Crippen LogP contribution is -2.01. The molecule has 3 aromatic rings. The van der Waals surface area contributed by atoms with Crippen LogP contribution < -0.4 is 5.32 Å². The average molecular weight is 328 g/mol. The van der Waals surface area contributed by atoms with Crippen LogP contribution in [-0.4, -0.2) is 15.1 Å². The van der Waals surface area contributed by atoms with Crippen LogP contribution in [0.1, 0.15) is 11.5 Å². The summed E-state index contributed by atoms with van der Waals surface area (Å²) in [4.78, 5) is 14.5. The molecule has 0 radical (unpaired) electrons. The molecule has 1 heterocycles. The number of nitro benzene ring substituents is 1. The zero-order valence-electron chi connectivity index (χ0n) is 12.7. The number of halogens is 1. The second-order valence-electron chi connectivity index (χ2n) is 5.13. The lowest BCUT2D eigenvalue weighted by atomic mass is 10.2. The van der Waals surface area contributed by atoms with E-state index in [4.69, 9.17) is 4.52 Å². The Morgan fingerprint density at radius 1 is 1.29 bits per heavy atom. The Morgan fingerprint density at radius 2 is 2.12 bits per heavy atom. The highest BCUT2D eigenvalue weighted by Crippen LogP contribution is 2.22. The molecular formula is C16H13FN4O3. The third-order valence-corrected chi connectivity index (χ3v) is 3.40. The summed E-state index contributed by atoms with van der Waals surface area (Å²) in [6.45, 7) is 2.04. The Morgan fingerprint density at radius 3 is 2.88 bits per heavy atom. The normalized spacial score (nSPS) is 10.6. The highest BCUT2D eigenvalue weighted by atomic mass is 19.1. The Labute approximate surface area is 136 Å². The maximum absolute atomic E-state index is 13.1. The van der Waals surface area contributed by atoms with E-state index in [-0.39, 0.29) is 23.9 Å². The number of hydrogen-bond acceptors (Lipinski definition) is 6.